The van der Waals surface area contributed by atoms with Crippen LogP contribution in [0.1, 0.15) is 32.6 Å². The van der Waals surface area contributed by atoms with E-state index in [0.29, 0.717) is 5.54 Å². The van der Waals surface area contributed by atoms with Crippen molar-refractivity contribution in [1.82, 2.24) is 15.1 Å². The summed E-state index contributed by atoms with van der Waals surface area (Å²) in [4.78, 5) is 4.78. The molecule has 18 heavy (non-hydrogen) atoms. The molecule has 1 spiro atoms. The number of rotatable bonds is 3. The number of aromatic nitrogens is 2. The fraction of sp³-hybridized carbons (Fsp3) is 0.692. The summed E-state index contributed by atoms with van der Waals surface area (Å²) in [5.74, 6) is 1.19. The van der Waals surface area contributed by atoms with E-state index < -0.39 is 0 Å². The molecule has 1 aromatic rings. The van der Waals surface area contributed by atoms with Gasteiger partial charge in [0.2, 0.25) is 0 Å². The zero-order valence-corrected chi connectivity index (χ0v) is 11.6. The third-order valence-electron chi connectivity index (χ3n) is 3.77. The van der Waals surface area contributed by atoms with Gasteiger partial charge < -0.3 is 5.32 Å². The van der Waals surface area contributed by atoms with Crippen LogP contribution in [0.25, 0.3) is 0 Å². The van der Waals surface area contributed by atoms with Crippen LogP contribution in [0, 0.1) is 0 Å². The Morgan fingerprint density at radius 2 is 2.39 bits per heavy atom. The van der Waals surface area contributed by atoms with E-state index in [9.17, 15) is 0 Å². The lowest BCUT2D eigenvalue weighted by Crippen LogP contribution is -2.41. The Kier molecular flexibility index (Phi) is 3.33. The molecule has 1 aromatic heterocycles. The predicted molar refractivity (Wildman–Crippen MR) is 75.9 cm³/mol. The second kappa shape index (κ2) is 4.96. The zero-order chi connectivity index (χ0) is 12.4. The van der Waals surface area contributed by atoms with Crippen molar-refractivity contribution in [3.63, 3.8) is 0 Å². The quantitative estimate of drug-likeness (QED) is 0.910. The minimum absolute atomic E-state index is 0.274. The predicted octanol–water partition coefficient (Wildman–Crippen LogP) is 2.28. The molecule has 1 atom stereocenters. The molecule has 0 radical (unpaired) electrons. The summed E-state index contributed by atoms with van der Waals surface area (Å²) in [7, 11) is 0. The minimum Gasteiger partial charge on any atom is -0.359 e. The highest BCUT2D eigenvalue weighted by molar-refractivity contribution is 8.14. The normalized spacial score (nSPS) is 25.7. The van der Waals surface area contributed by atoms with Crippen LogP contribution in [-0.2, 0) is 6.54 Å². The first-order valence-corrected chi connectivity index (χ1v) is 7.71. The largest absolute Gasteiger partial charge is 0.359 e. The summed E-state index contributed by atoms with van der Waals surface area (Å²) in [5.41, 5.74) is 0.370. The van der Waals surface area contributed by atoms with E-state index in [1.807, 2.05) is 34.9 Å². The van der Waals surface area contributed by atoms with E-state index in [0.717, 1.165) is 11.7 Å². The molecule has 1 aliphatic heterocycles. The van der Waals surface area contributed by atoms with E-state index in [4.69, 9.17) is 4.99 Å². The van der Waals surface area contributed by atoms with Crippen LogP contribution in [0.2, 0.25) is 0 Å². The van der Waals surface area contributed by atoms with Crippen LogP contribution in [0.5, 0.6) is 0 Å². The number of hydrogen-bond donors (Lipinski definition) is 1. The Morgan fingerprint density at radius 3 is 3.11 bits per heavy atom. The maximum Gasteiger partial charge on any atom is 0.157 e. The van der Waals surface area contributed by atoms with Gasteiger partial charge in [0, 0.05) is 23.7 Å². The number of hydrogen-bond acceptors (Lipinski definition) is 3. The third kappa shape index (κ3) is 2.55. The summed E-state index contributed by atoms with van der Waals surface area (Å²) >= 11 is 1.89. The summed E-state index contributed by atoms with van der Waals surface area (Å²) in [6.07, 6.45) is 9.16. The summed E-state index contributed by atoms with van der Waals surface area (Å²) in [5, 5.41) is 9.02. The van der Waals surface area contributed by atoms with E-state index in [2.05, 4.69) is 17.3 Å². The molecule has 0 bridgehead atoms. The SMILES string of the molecule is CC(Cn1cccn1)N=C1NC2(CCCC2)CS1. The van der Waals surface area contributed by atoms with Gasteiger partial charge >= 0.3 is 0 Å². The Morgan fingerprint density at radius 1 is 1.56 bits per heavy atom. The lowest BCUT2D eigenvalue weighted by molar-refractivity contribution is 0.450. The number of thioether (sulfide) groups is 1. The number of aliphatic imine (C=N–C) groups is 1. The van der Waals surface area contributed by atoms with Crippen LogP contribution >= 0.6 is 11.8 Å². The molecule has 1 N–H and O–H groups in total. The maximum atomic E-state index is 4.78. The fourth-order valence-electron chi connectivity index (χ4n) is 2.82. The monoisotopic (exact) mass is 264 g/mol. The molecule has 0 amide bonds. The molecule has 1 aliphatic carbocycles. The molecule has 1 saturated carbocycles. The standard InChI is InChI=1S/C13H20N4S/c1-11(9-17-8-4-7-14-17)15-12-16-13(10-18-12)5-2-3-6-13/h4,7-8,11H,2-3,5-6,9-10H2,1H3,(H,15,16). The van der Waals surface area contributed by atoms with Crippen LogP contribution < -0.4 is 5.32 Å². The minimum atomic E-state index is 0.274. The zero-order valence-electron chi connectivity index (χ0n) is 10.8. The summed E-state index contributed by atoms with van der Waals surface area (Å²) in [6, 6.07) is 2.23. The molecule has 1 saturated heterocycles. The average Bonchev–Trinajstić information content (AvgIpc) is 3.04. The molecule has 5 heteroatoms. The highest BCUT2D eigenvalue weighted by atomic mass is 32.2. The van der Waals surface area contributed by atoms with Crippen molar-refractivity contribution >= 4 is 16.9 Å². The van der Waals surface area contributed by atoms with Crippen LogP contribution in [-0.4, -0.2) is 32.3 Å². The molecule has 3 rings (SSSR count). The van der Waals surface area contributed by atoms with Crippen molar-refractivity contribution < 1.29 is 0 Å². The number of nitrogens with zero attached hydrogens (tertiary/aromatic N) is 3. The van der Waals surface area contributed by atoms with Gasteiger partial charge in [-0.1, -0.05) is 24.6 Å². The molecule has 2 fully saturated rings. The fourth-order valence-corrected chi connectivity index (χ4v) is 4.13. The molecule has 4 nitrogen and oxygen atoms in total. The topological polar surface area (TPSA) is 42.2 Å². The second-order valence-corrected chi connectivity index (χ2v) is 6.38. The third-order valence-corrected chi connectivity index (χ3v) is 4.94. The first-order chi connectivity index (χ1) is 8.76. The first kappa shape index (κ1) is 12.1. The number of amidine groups is 1. The van der Waals surface area contributed by atoms with E-state index in [-0.39, 0.29) is 6.04 Å². The van der Waals surface area contributed by atoms with E-state index in [1.54, 1.807) is 0 Å². The van der Waals surface area contributed by atoms with E-state index in [1.165, 1.54) is 31.4 Å². The summed E-state index contributed by atoms with van der Waals surface area (Å²) in [6.45, 7) is 3.00. The lowest BCUT2D eigenvalue weighted by atomic mass is 10.0. The lowest BCUT2D eigenvalue weighted by Gasteiger charge is -2.22. The maximum absolute atomic E-state index is 4.78. The molecule has 2 heterocycles. The van der Waals surface area contributed by atoms with Crippen LogP contribution in [0.4, 0.5) is 0 Å². The van der Waals surface area contributed by atoms with Gasteiger partial charge in [-0.05, 0) is 25.8 Å². The van der Waals surface area contributed by atoms with Gasteiger partial charge in [0.05, 0.1) is 12.6 Å². The van der Waals surface area contributed by atoms with Gasteiger partial charge in [0.25, 0.3) is 0 Å². The van der Waals surface area contributed by atoms with Crippen molar-refractivity contribution in [2.45, 2.75) is 50.7 Å². The van der Waals surface area contributed by atoms with Crippen LogP contribution in [0.3, 0.4) is 0 Å². The van der Waals surface area contributed by atoms with Gasteiger partial charge in [-0.2, -0.15) is 5.10 Å². The van der Waals surface area contributed by atoms with Crippen LogP contribution in [0.15, 0.2) is 23.5 Å². The van der Waals surface area contributed by atoms with Gasteiger partial charge in [0.1, 0.15) is 0 Å². The van der Waals surface area contributed by atoms with Crippen molar-refractivity contribution in [1.29, 1.82) is 0 Å². The molecule has 0 aromatic carbocycles. The van der Waals surface area contributed by atoms with Gasteiger partial charge in [-0.25, -0.2) is 0 Å². The molecule has 1 unspecified atom stereocenters. The summed E-state index contributed by atoms with van der Waals surface area (Å²) < 4.78 is 1.94. The van der Waals surface area contributed by atoms with Crippen molar-refractivity contribution in [3.05, 3.63) is 18.5 Å². The second-order valence-electron chi connectivity index (χ2n) is 5.41. The number of nitrogens with one attached hydrogen (secondary N) is 1. The Hall–Kier alpha value is -0.970. The first-order valence-electron chi connectivity index (χ1n) is 6.72. The molecular weight excluding hydrogens is 244 g/mol. The average molecular weight is 264 g/mol. The van der Waals surface area contributed by atoms with Crippen molar-refractivity contribution in [2.24, 2.45) is 4.99 Å². The smallest absolute Gasteiger partial charge is 0.157 e. The van der Waals surface area contributed by atoms with Gasteiger partial charge in [0.15, 0.2) is 5.17 Å². The molecule has 98 valence electrons. The molecule has 2 aliphatic rings. The highest BCUT2D eigenvalue weighted by Crippen LogP contribution is 2.37. The van der Waals surface area contributed by atoms with Gasteiger partial charge in [-0.15, -0.1) is 0 Å². The molecular formula is C13H20N4S. The van der Waals surface area contributed by atoms with Gasteiger partial charge in [-0.3, -0.25) is 9.67 Å². The highest BCUT2D eigenvalue weighted by Gasteiger charge is 2.39. The Bertz CT molecular complexity index is 420. The van der Waals surface area contributed by atoms with Crippen molar-refractivity contribution in [3.8, 4) is 0 Å². The van der Waals surface area contributed by atoms with E-state index >= 15 is 0 Å². The Balaban J connectivity index is 1.59. The van der Waals surface area contributed by atoms with Crippen molar-refractivity contribution in [2.75, 3.05) is 5.75 Å². The Labute approximate surface area is 112 Å².